The van der Waals surface area contributed by atoms with Gasteiger partial charge in [-0.3, -0.25) is 0 Å². The molecule has 2 nitrogen and oxygen atoms in total. The van der Waals surface area contributed by atoms with Crippen LogP contribution in [0.5, 0.6) is 5.75 Å². The van der Waals surface area contributed by atoms with Crippen LogP contribution in [-0.2, 0) is 6.61 Å². The summed E-state index contributed by atoms with van der Waals surface area (Å²) in [6.07, 6.45) is 0. The molecule has 21 heavy (non-hydrogen) atoms. The molecule has 2 aromatic rings. The fourth-order valence-corrected chi connectivity index (χ4v) is 1.88. The van der Waals surface area contributed by atoms with Crippen molar-refractivity contribution >= 4 is 11.6 Å². The fourth-order valence-electron chi connectivity index (χ4n) is 1.66. The zero-order chi connectivity index (χ0) is 15.2. The molecule has 0 radical (unpaired) electrons. The average Bonchev–Trinajstić information content (AvgIpc) is 2.46. The normalized spacial score (nSPS) is 9.90. The van der Waals surface area contributed by atoms with Gasteiger partial charge in [-0.25, -0.2) is 8.78 Å². The first kappa shape index (κ1) is 15.3. The molecule has 0 aromatic heterocycles. The van der Waals surface area contributed by atoms with Crippen LogP contribution in [0.3, 0.4) is 0 Å². The zero-order valence-corrected chi connectivity index (χ0v) is 11.8. The second-order valence-electron chi connectivity index (χ2n) is 4.18. The number of rotatable bonds is 3. The molecule has 0 saturated carbocycles. The van der Waals surface area contributed by atoms with Crippen LogP contribution in [0.1, 0.15) is 11.1 Å². The summed E-state index contributed by atoms with van der Waals surface area (Å²) in [5.41, 5.74) is 6.24. The number of nitrogens with two attached hydrogens (primary N) is 1. The van der Waals surface area contributed by atoms with Crippen molar-refractivity contribution in [1.29, 1.82) is 0 Å². The Kier molecular flexibility index (Phi) is 5.15. The third-order valence-corrected chi connectivity index (χ3v) is 2.94. The van der Waals surface area contributed by atoms with Gasteiger partial charge in [0, 0.05) is 0 Å². The Morgan fingerprint density at radius 2 is 1.95 bits per heavy atom. The minimum absolute atomic E-state index is 0.158. The third-order valence-electron chi connectivity index (χ3n) is 2.64. The highest BCUT2D eigenvalue weighted by Gasteiger charge is 2.05. The lowest BCUT2D eigenvalue weighted by Crippen LogP contribution is -1.98. The molecule has 0 saturated heterocycles. The summed E-state index contributed by atoms with van der Waals surface area (Å²) in [5, 5.41) is 0.181. The molecule has 0 amide bonds. The van der Waals surface area contributed by atoms with Crippen molar-refractivity contribution in [3.8, 4) is 17.6 Å². The first-order chi connectivity index (χ1) is 10.1. The zero-order valence-electron chi connectivity index (χ0n) is 11.0. The van der Waals surface area contributed by atoms with Gasteiger partial charge in [0.2, 0.25) is 0 Å². The molecule has 2 aromatic carbocycles. The molecule has 0 spiro atoms. The van der Waals surface area contributed by atoms with E-state index in [2.05, 4.69) is 11.8 Å². The van der Waals surface area contributed by atoms with E-state index in [9.17, 15) is 8.78 Å². The summed E-state index contributed by atoms with van der Waals surface area (Å²) in [7, 11) is 0. The Labute approximate surface area is 126 Å². The van der Waals surface area contributed by atoms with Crippen LogP contribution >= 0.6 is 11.6 Å². The van der Waals surface area contributed by atoms with Crippen LogP contribution in [0.4, 0.5) is 8.78 Å². The van der Waals surface area contributed by atoms with Gasteiger partial charge in [-0.2, -0.15) is 0 Å². The molecule has 0 aliphatic heterocycles. The molecule has 0 atom stereocenters. The fraction of sp³-hybridized carbons (Fsp3) is 0.125. The lowest BCUT2D eigenvalue weighted by atomic mass is 10.1. The van der Waals surface area contributed by atoms with Crippen molar-refractivity contribution in [3.05, 3.63) is 64.2 Å². The van der Waals surface area contributed by atoms with Crippen molar-refractivity contribution in [3.63, 3.8) is 0 Å². The summed E-state index contributed by atoms with van der Waals surface area (Å²) < 4.78 is 31.9. The molecular weight excluding hydrogens is 296 g/mol. The van der Waals surface area contributed by atoms with Gasteiger partial charge in [0.25, 0.3) is 0 Å². The molecule has 0 aliphatic carbocycles. The van der Waals surface area contributed by atoms with Crippen molar-refractivity contribution in [2.45, 2.75) is 6.61 Å². The Bertz CT molecular complexity index is 707. The van der Waals surface area contributed by atoms with Gasteiger partial charge in [0.05, 0.1) is 17.1 Å². The highest BCUT2D eigenvalue weighted by Crippen LogP contribution is 2.25. The van der Waals surface area contributed by atoms with Gasteiger partial charge in [-0.05, 0) is 35.9 Å². The molecule has 2 rings (SSSR count). The minimum Gasteiger partial charge on any atom is -0.487 e. The second kappa shape index (κ2) is 7.07. The van der Waals surface area contributed by atoms with Gasteiger partial charge in [-0.1, -0.05) is 29.5 Å². The van der Waals surface area contributed by atoms with E-state index in [1.165, 1.54) is 24.3 Å². The Morgan fingerprint density at radius 1 is 1.14 bits per heavy atom. The maximum Gasteiger partial charge on any atom is 0.138 e. The van der Waals surface area contributed by atoms with Crippen LogP contribution in [0.2, 0.25) is 5.02 Å². The predicted molar refractivity (Wildman–Crippen MR) is 78.1 cm³/mol. The molecule has 0 heterocycles. The largest absolute Gasteiger partial charge is 0.487 e. The highest BCUT2D eigenvalue weighted by molar-refractivity contribution is 6.32. The summed E-state index contributed by atoms with van der Waals surface area (Å²) in [6.45, 7) is 0.328. The van der Waals surface area contributed by atoms with E-state index in [-0.39, 0.29) is 23.7 Å². The van der Waals surface area contributed by atoms with Crippen molar-refractivity contribution in [2.24, 2.45) is 5.73 Å². The van der Waals surface area contributed by atoms with E-state index in [0.717, 1.165) is 5.56 Å². The molecule has 0 unspecified atom stereocenters. The van der Waals surface area contributed by atoms with Crippen LogP contribution < -0.4 is 10.5 Å². The topological polar surface area (TPSA) is 35.2 Å². The Balaban J connectivity index is 2.13. The van der Waals surface area contributed by atoms with Crippen molar-refractivity contribution < 1.29 is 13.5 Å². The van der Waals surface area contributed by atoms with E-state index >= 15 is 0 Å². The summed E-state index contributed by atoms with van der Waals surface area (Å²) in [6, 6.07) is 8.33. The van der Waals surface area contributed by atoms with E-state index in [0.29, 0.717) is 5.75 Å². The first-order valence-electron chi connectivity index (χ1n) is 6.15. The van der Waals surface area contributed by atoms with Crippen LogP contribution in [0.15, 0.2) is 36.4 Å². The summed E-state index contributed by atoms with van der Waals surface area (Å²) >= 11 is 5.86. The molecule has 2 N–H and O–H groups in total. The molecule has 0 bridgehead atoms. The molecule has 0 aliphatic rings. The molecule has 0 fully saturated rings. The first-order valence-corrected chi connectivity index (χ1v) is 6.53. The number of hydrogen-bond donors (Lipinski definition) is 1. The molecule has 5 heteroatoms. The maximum atomic E-state index is 13.5. The molecular formula is C16H12ClF2NO. The van der Waals surface area contributed by atoms with E-state index in [1.807, 2.05) is 0 Å². The van der Waals surface area contributed by atoms with E-state index in [1.54, 1.807) is 12.1 Å². The average molecular weight is 308 g/mol. The van der Waals surface area contributed by atoms with E-state index < -0.39 is 11.6 Å². The van der Waals surface area contributed by atoms with E-state index in [4.69, 9.17) is 22.1 Å². The van der Waals surface area contributed by atoms with Gasteiger partial charge in [0.1, 0.15) is 24.0 Å². The van der Waals surface area contributed by atoms with Crippen molar-refractivity contribution in [1.82, 2.24) is 0 Å². The van der Waals surface area contributed by atoms with Gasteiger partial charge in [-0.15, -0.1) is 0 Å². The van der Waals surface area contributed by atoms with Gasteiger partial charge < -0.3 is 10.5 Å². The lowest BCUT2D eigenvalue weighted by Gasteiger charge is -2.08. The SMILES string of the molecule is NCC#Cc1cc(COc2ccc(F)cc2Cl)ccc1F. The number of ether oxygens (including phenoxy) is 1. The Hall–Kier alpha value is -2.09. The monoisotopic (exact) mass is 307 g/mol. The summed E-state index contributed by atoms with van der Waals surface area (Å²) in [5.74, 6) is 4.75. The summed E-state index contributed by atoms with van der Waals surface area (Å²) in [4.78, 5) is 0. The standard InChI is InChI=1S/C16H12ClF2NO/c17-14-9-13(18)4-6-16(14)21-10-11-3-5-15(19)12(8-11)2-1-7-20/h3-6,8-9H,7,10,20H2. The smallest absolute Gasteiger partial charge is 0.138 e. The quantitative estimate of drug-likeness (QED) is 0.881. The lowest BCUT2D eigenvalue weighted by molar-refractivity contribution is 0.305. The molecule has 108 valence electrons. The van der Waals surface area contributed by atoms with Crippen LogP contribution in [-0.4, -0.2) is 6.54 Å². The van der Waals surface area contributed by atoms with Crippen molar-refractivity contribution in [2.75, 3.05) is 6.54 Å². The number of hydrogen-bond acceptors (Lipinski definition) is 2. The van der Waals surface area contributed by atoms with Crippen LogP contribution in [0, 0.1) is 23.5 Å². The maximum absolute atomic E-state index is 13.5. The second-order valence-corrected chi connectivity index (χ2v) is 4.59. The van der Waals surface area contributed by atoms with Gasteiger partial charge >= 0.3 is 0 Å². The van der Waals surface area contributed by atoms with Gasteiger partial charge in [0.15, 0.2) is 0 Å². The Morgan fingerprint density at radius 3 is 2.67 bits per heavy atom. The third kappa shape index (κ3) is 4.19. The highest BCUT2D eigenvalue weighted by atomic mass is 35.5. The van der Waals surface area contributed by atoms with Crippen LogP contribution in [0.25, 0.3) is 0 Å². The number of benzene rings is 2. The number of halogens is 3. The minimum atomic E-state index is -0.437. The predicted octanol–water partition coefficient (Wildman–Crippen LogP) is 3.51.